The maximum atomic E-state index is 12.9. The molecule has 1 aromatic rings. The van der Waals surface area contributed by atoms with Gasteiger partial charge >= 0.3 is 5.97 Å². The third kappa shape index (κ3) is 7.38. The van der Waals surface area contributed by atoms with Crippen molar-refractivity contribution in [1.82, 2.24) is 5.32 Å². The first-order chi connectivity index (χ1) is 10.0. The molecule has 116 valence electrons. The molecule has 0 aliphatic carbocycles. The van der Waals surface area contributed by atoms with Gasteiger partial charge in [-0.25, -0.2) is 4.39 Å². The second kappa shape index (κ2) is 9.68. The second-order valence-electron chi connectivity index (χ2n) is 4.36. The number of thiocarbonyl (C=S) groups is 1. The number of benzene rings is 1. The predicted octanol–water partition coefficient (Wildman–Crippen LogP) is 3.61. The molecule has 7 heteroatoms. The number of halogens is 2. The topological polar surface area (TPSA) is 50.4 Å². The van der Waals surface area contributed by atoms with E-state index in [-0.39, 0.29) is 23.4 Å². The maximum Gasteiger partial charge on any atom is 0.325 e. The number of esters is 1. The highest BCUT2D eigenvalue weighted by molar-refractivity contribution is 9.10. The molecule has 0 aromatic heterocycles. The molecule has 0 bridgehead atoms. The number of rotatable bonds is 7. The summed E-state index contributed by atoms with van der Waals surface area (Å²) in [4.78, 5) is 11.4. The molecule has 2 N–H and O–H groups in total. The molecule has 0 spiro atoms. The normalized spacial score (nSPS) is 10.0. The lowest BCUT2D eigenvalue weighted by Gasteiger charge is -2.11. The molecule has 21 heavy (non-hydrogen) atoms. The third-order valence-electron chi connectivity index (χ3n) is 2.58. The molecule has 0 radical (unpaired) electrons. The van der Waals surface area contributed by atoms with Crippen LogP contribution in [0.15, 0.2) is 22.7 Å². The van der Waals surface area contributed by atoms with E-state index in [0.717, 1.165) is 19.3 Å². The summed E-state index contributed by atoms with van der Waals surface area (Å²) < 4.78 is 18.5. The lowest BCUT2D eigenvalue weighted by atomic mass is 10.3. The van der Waals surface area contributed by atoms with Gasteiger partial charge in [-0.1, -0.05) is 19.8 Å². The van der Waals surface area contributed by atoms with E-state index >= 15 is 0 Å². The Bertz CT molecular complexity index is 500. The zero-order chi connectivity index (χ0) is 15.7. The van der Waals surface area contributed by atoms with Gasteiger partial charge in [0.05, 0.1) is 12.3 Å². The zero-order valence-electron chi connectivity index (χ0n) is 11.7. The number of hydrogen-bond acceptors (Lipinski definition) is 3. The average Bonchev–Trinajstić information content (AvgIpc) is 2.44. The van der Waals surface area contributed by atoms with Crippen molar-refractivity contribution in [3.05, 3.63) is 28.5 Å². The van der Waals surface area contributed by atoms with Crippen molar-refractivity contribution in [3.8, 4) is 0 Å². The Morgan fingerprint density at radius 2 is 2.19 bits per heavy atom. The Hall–Kier alpha value is -1.21. The largest absolute Gasteiger partial charge is 0.464 e. The van der Waals surface area contributed by atoms with Crippen LogP contribution in [0.3, 0.4) is 0 Å². The molecule has 1 rings (SSSR count). The van der Waals surface area contributed by atoms with Crippen LogP contribution in [0.25, 0.3) is 0 Å². The first-order valence-electron chi connectivity index (χ1n) is 6.68. The highest BCUT2D eigenvalue weighted by Gasteiger charge is 2.06. The Labute approximate surface area is 137 Å². The molecule has 0 heterocycles. The summed E-state index contributed by atoms with van der Waals surface area (Å²) in [6.45, 7) is 2.51. The fraction of sp³-hybridized carbons (Fsp3) is 0.429. The van der Waals surface area contributed by atoms with Gasteiger partial charge in [0.1, 0.15) is 12.4 Å². The molecule has 0 fully saturated rings. The van der Waals surface area contributed by atoms with Crippen molar-refractivity contribution < 1.29 is 13.9 Å². The first kappa shape index (κ1) is 17.8. The molecular weight excluding hydrogens is 359 g/mol. The monoisotopic (exact) mass is 376 g/mol. The number of nitrogens with one attached hydrogen (secondary N) is 2. The minimum atomic E-state index is -0.353. The molecule has 0 unspecified atom stereocenters. The van der Waals surface area contributed by atoms with Gasteiger partial charge in [0.2, 0.25) is 0 Å². The van der Waals surface area contributed by atoms with Crippen LogP contribution < -0.4 is 10.6 Å². The van der Waals surface area contributed by atoms with Crippen molar-refractivity contribution in [2.24, 2.45) is 0 Å². The van der Waals surface area contributed by atoms with Crippen LogP contribution in [-0.2, 0) is 9.53 Å². The van der Waals surface area contributed by atoms with E-state index in [4.69, 9.17) is 17.0 Å². The average molecular weight is 377 g/mol. The van der Waals surface area contributed by atoms with Crippen molar-refractivity contribution >= 4 is 44.9 Å². The van der Waals surface area contributed by atoms with Gasteiger partial charge in [0.15, 0.2) is 5.11 Å². The van der Waals surface area contributed by atoms with E-state index in [0.29, 0.717) is 16.8 Å². The zero-order valence-corrected chi connectivity index (χ0v) is 14.2. The van der Waals surface area contributed by atoms with Crippen LogP contribution in [0.4, 0.5) is 10.1 Å². The van der Waals surface area contributed by atoms with Crippen LogP contribution in [0, 0.1) is 5.82 Å². The lowest BCUT2D eigenvalue weighted by molar-refractivity contribution is -0.142. The highest BCUT2D eigenvalue weighted by Crippen LogP contribution is 2.22. The van der Waals surface area contributed by atoms with Gasteiger partial charge < -0.3 is 15.4 Å². The van der Waals surface area contributed by atoms with Crippen LogP contribution >= 0.6 is 28.1 Å². The fourth-order valence-corrected chi connectivity index (χ4v) is 2.13. The minimum Gasteiger partial charge on any atom is -0.464 e. The second-order valence-corrected chi connectivity index (χ2v) is 5.62. The summed E-state index contributed by atoms with van der Waals surface area (Å²) >= 11 is 8.28. The molecule has 1 aromatic carbocycles. The van der Waals surface area contributed by atoms with Crippen LogP contribution in [0.1, 0.15) is 26.2 Å². The van der Waals surface area contributed by atoms with Crippen LogP contribution in [0.5, 0.6) is 0 Å². The highest BCUT2D eigenvalue weighted by atomic mass is 79.9. The van der Waals surface area contributed by atoms with Gasteiger partial charge in [0, 0.05) is 4.47 Å². The summed E-state index contributed by atoms with van der Waals surface area (Å²) in [5.74, 6) is -0.699. The summed E-state index contributed by atoms with van der Waals surface area (Å²) in [7, 11) is 0. The molecule has 0 aliphatic rings. The number of hydrogen-bond donors (Lipinski definition) is 2. The van der Waals surface area contributed by atoms with Gasteiger partial charge in [-0.15, -0.1) is 0 Å². The Kier molecular flexibility index (Phi) is 8.22. The number of ether oxygens (including phenoxy) is 1. The smallest absolute Gasteiger partial charge is 0.325 e. The number of carbonyl (C=O) groups is 1. The van der Waals surface area contributed by atoms with Gasteiger partial charge in [-0.05, 0) is 52.8 Å². The Morgan fingerprint density at radius 1 is 1.43 bits per heavy atom. The molecule has 0 saturated carbocycles. The van der Waals surface area contributed by atoms with Crippen LogP contribution in [0.2, 0.25) is 0 Å². The van der Waals surface area contributed by atoms with Gasteiger partial charge in [-0.2, -0.15) is 0 Å². The molecule has 0 atom stereocenters. The van der Waals surface area contributed by atoms with E-state index in [1.54, 1.807) is 6.07 Å². The SMILES string of the molecule is CCCCCOC(=O)CNC(=S)Nc1ccc(F)cc1Br. The van der Waals surface area contributed by atoms with E-state index in [1.807, 2.05) is 0 Å². The lowest BCUT2D eigenvalue weighted by Crippen LogP contribution is -2.34. The molecular formula is C14H18BrFN2O2S. The van der Waals surface area contributed by atoms with Crippen molar-refractivity contribution in [3.63, 3.8) is 0 Å². The maximum absolute atomic E-state index is 12.9. The standard InChI is InChI=1S/C14H18BrFN2O2S/c1-2-3-4-7-20-13(19)9-17-14(21)18-12-6-5-10(16)8-11(12)15/h5-6,8H,2-4,7,9H2,1H3,(H2,17,18,21). The van der Waals surface area contributed by atoms with Gasteiger partial charge in [-0.3, -0.25) is 4.79 Å². The summed E-state index contributed by atoms with van der Waals surface area (Å²) in [5.41, 5.74) is 0.616. The van der Waals surface area contributed by atoms with E-state index in [1.165, 1.54) is 12.1 Å². The van der Waals surface area contributed by atoms with Crippen LogP contribution in [-0.4, -0.2) is 24.2 Å². The van der Waals surface area contributed by atoms with E-state index in [2.05, 4.69) is 33.5 Å². The Morgan fingerprint density at radius 3 is 2.86 bits per heavy atom. The fourth-order valence-electron chi connectivity index (χ4n) is 1.50. The van der Waals surface area contributed by atoms with E-state index in [9.17, 15) is 9.18 Å². The summed E-state index contributed by atoms with van der Waals surface area (Å²) in [5, 5.41) is 5.88. The number of unbranched alkanes of at least 4 members (excludes halogenated alkanes) is 2. The summed E-state index contributed by atoms with van der Waals surface area (Å²) in [6, 6.07) is 4.20. The van der Waals surface area contributed by atoms with Crippen molar-refractivity contribution in [2.45, 2.75) is 26.2 Å². The number of anilines is 1. The van der Waals surface area contributed by atoms with Crippen molar-refractivity contribution in [2.75, 3.05) is 18.5 Å². The Balaban J connectivity index is 2.29. The number of carbonyl (C=O) groups excluding carboxylic acids is 1. The van der Waals surface area contributed by atoms with E-state index < -0.39 is 0 Å². The minimum absolute atomic E-state index is 0.00320. The predicted molar refractivity (Wildman–Crippen MR) is 88.8 cm³/mol. The molecule has 0 amide bonds. The molecule has 0 saturated heterocycles. The quantitative estimate of drug-likeness (QED) is 0.432. The molecule has 4 nitrogen and oxygen atoms in total. The molecule has 0 aliphatic heterocycles. The van der Waals surface area contributed by atoms with Gasteiger partial charge in [0.25, 0.3) is 0 Å². The first-order valence-corrected chi connectivity index (χ1v) is 7.88. The third-order valence-corrected chi connectivity index (χ3v) is 3.49. The summed E-state index contributed by atoms with van der Waals surface area (Å²) in [6.07, 6.45) is 2.99. The van der Waals surface area contributed by atoms with Crippen molar-refractivity contribution in [1.29, 1.82) is 0 Å².